The van der Waals surface area contributed by atoms with Crippen LogP contribution in [-0.4, -0.2) is 15.0 Å². The minimum Gasteiger partial charge on any atom is -0.455 e. The summed E-state index contributed by atoms with van der Waals surface area (Å²) >= 11 is 0. The van der Waals surface area contributed by atoms with Crippen LogP contribution < -0.4 is 0 Å². The van der Waals surface area contributed by atoms with Crippen LogP contribution >= 0.6 is 0 Å². The van der Waals surface area contributed by atoms with Crippen molar-refractivity contribution < 1.29 is 4.42 Å². The molecule has 0 bridgehead atoms. The Morgan fingerprint density at radius 1 is 0.353 bits per heavy atom. The van der Waals surface area contributed by atoms with E-state index in [2.05, 4.69) is 133 Å². The van der Waals surface area contributed by atoms with Crippen molar-refractivity contribution in [2.24, 2.45) is 0 Å². The second-order valence-corrected chi connectivity index (χ2v) is 12.8. The summed E-state index contributed by atoms with van der Waals surface area (Å²) in [5, 5.41) is 5.45. The number of fused-ring (bicyclic) bond motifs is 7. The van der Waals surface area contributed by atoms with E-state index in [0.717, 1.165) is 94.1 Å². The topological polar surface area (TPSA) is 51.8 Å². The Hall–Kier alpha value is -6.91. The molecule has 0 aliphatic carbocycles. The van der Waals surface area contributed by atoms with E-state index >= 15 is 0 Å². The van der Waals surface area contributed by atoms with E-state index in [1.807, 2.05) is 42.5 Å². The highest BCUT2D eigenvalue weighted by Gasteiger charge is 2.18. The maximum absolute atomic E-state index is 6.53. The smallest absolute Gasteiger partial charge is 0.160 e. The van der Waals surface area contributed by atoms with Crippen LogP contribution in [0.5, 0.6) is 0 Å². The molecule has 3 aromatic heterocycles. The molecule has 4 nitrogen and oxygen atoms in total. The zero-order chi connectivity index (χ0) is 33.7. The first-order chi connectivity index (χ1) is 25.3. The van der Waals surface area contributed by atoms with Crippen molar-refractivity contribution in [3.8, 4) is 56.3 Å². The number of benzene rings is 7. The molecule has 0 N–H and O–H groups in total. The molecule has 0 atom stereocenters. The fraction of sp³-hybridized carbons (Fsp3) is 0. The molecule has 10 aromatic rings. The van der Waals surface area contributed by atoms with Gasteiger partial charge in [0.2, 0.25) is 0 Å². The van der Waals surface area contributed by atoms with Gasteiger partial charge in [-0.3, -0.25) is 0 Å². The number of furan rings is 1. The standard InChI is InChI=1S/C47H29N3O/c1-3-12-30(13-4-1)34-16-11-17-35(28-34)47-49-41(31-14-5-2-6-15-31)29-42(50-47)32-22-24-33(25-23-32)45-39-27-26-37-36-18-8-10-21-43(36)51-46(37)44(39)38-19-7-9-20-40(38)48-45/h1-29H. The Labute approximate surface area is 294 Å². The predicted octanol–water partition coefficient (Wildman–Crippen LogP) is 12.4. The number of aromatic nitrogens is 3. The number of para-hydroxylation sites is 2. The van der Waals surface area contributed by atoms with E-state index in [1.165, 1.54) is 0 Å². The highest BCUT2D eigenvalue weighted by molar-refractivity contribution is 6.24. The summed E-state index contributed by atoms with van der Waals surface area (Å²) in [4.78, 5) is 15.4. The molecule has 4 heteroatoms. The molecule has 51 heavy (non-hydrogen) atoms. The van der Waals surface area contributed by atoms with E-state index in [9.17, 15) is 0 Å². The fourth-order valence-electron chi connectivity index (χ4n) is 7.19. The molecule has 0 unspecified atom stereocenters. The third kappa shape index (κ3) is 5.04. The number of hydrogen-bond acceptors (Lipinski definition) is 4. The Balaban J connectivity index is 1.11. The van der Waals surface area contributed by atoms with Crippen LogP contribution in [0.15, 0.2) is 180 Å². The number of pyridine rings is 1. The van der Waals surface area contributed by atoms with Gasteiger partial charge in [-0.1, -0.05) is 146 Å². The lowest BCUT2D eigenvalue weighted by Gasteiger charge is -2.12. The third-order valence-electron chi connectivity index (χ3n) is 9.69. The van der Waals surface area contributed by atoms with Gasteiger partial charge >= 0.3 is 0 Å². The van der Waals surface area contributed by atoms with Crippen molar-refractivity contribution in [2.45, 2.75) is 0 Å². The predicted molar refractivity (Wildman–Crippen MR) is 209 cm³/mol. The minimum absolute atomic E-state index is 0.685. The van der Waals surface area contributed by atoms with Crippen molar-refractivity contribution >= 4 is 43.6 Å². The van der Waals surface area contributed by atoms with Crippen LogP contribution in [0, 0.1) is 0 Å². The molecule has 0 spiro atoms. The zero-order valence-electron chi connectivity index (χ0n) is 27.5. The monoisotopic (exact) mass is 651 g/mol. The average Bonchev–Trinajstić information content (AvgIpc) is 3.60. The van der Waals surface area contributed by atoms with Gasteiger partial charge in [0.25, 0.3) is 0 Å². The van der Waals surface area contributed by atoms with Gasteiger partial charge in [-0.05, 0) is 41.5 Å². The van der Waals surface area contributed by atoms with Crippen molar-refractivity contribution in [3.05, 3.63) is 176 Å². The Morgan fingerprint density at radius 2 is 0.941 bits per heavy atom. The van der Waals surface area contributed by atoms with E-state index < -0.39 is 0 Å². The normalized spacial score (nSPS) is 11.5. The maximum Gasteiger partial charge on any atom is 0.160 e. The summed E-state index contributed by atoms with van der Waals surface area (Å²) < 4.78 is 6.53. The summed E-state index contributed by atoms with van der Waals surface area (Å²) in [7, 11) is 0. The molecule has 3 heterocycles. The maximum atomic E-state index is 6.53. The first-order valence-electron chi connectivity index (χ1n) is 17.1. The lowest BCUT2D eigenvalue weighted by Crippen LogP contribution is -1.96. The quantitative estimate of drug-likeness (QED) is 0.174. The molecule has 7 aromatic carbocycles. The second-order valence-electron chi connectivity index (χ2n) is 12.8. The lowest BCUT2D eigenvalue weighted by atomic mass is 9.97. The molecular weight excluding hydrogens is 623 g/mol. The first kappa shape index (κ1) is 29.0. The molecule has 0 radical (unpaired) electrons. The molecular formula is C47H29N3O. The summed E-state index contributed by atoms with van der Waals surface area (Å²) in [6.45, 7) is 0. The van der Waals surface area contributed by atoms with Gasteiger partial charge in [0, 0.05) is 49.2 Å². The number of rotatable bonds is 5. The van der Waals surface area contributed by atoms with Crippen molar-refractivity contribution in [1.82, 2.24) is 15.0 Å². The van der Waals surface area contributed by atoms with Gasteiger partial charge in [0.15, 0.2) is 5.82 Å². The highest BCUT2D eigenvalue weighted by atomic mass is 16.3. The van der Waals surface area contributed by atoms with E-state index in [0.29, 0.717) is 5.82 Å². The summed E-state index contributed by atoms with van der Waals surface area (Å²) in [6.07, 6.45) is 0. The summed E-state index contributed by atoms with van der Waals surface area (Å²) in [6, 6.07) is 60.7. The van der Waals surface area contributed by atoms with Crippen LogP contribution in [0.2, 0.25) is 0 Å². The Morgan fingerprint density at radius 3 is 1.73 bits per heavy atom. The average molecular weight is 652 g/mol. The minimum atomic E-state index is 0.685. The number of hydrogen-bond donors (Lipinski definition) is 0. The van der Waals surface area contributed by atoms with Gasteiger partial charge in [-0.15, -0.1) is 0 Å². The summed E-state index contributed by atoms with van der Waals surface area (Å²) in [5.74, 6) is 0.685. The third-order valence-corrected chi connectivity index (χ3v) is 9.69. The molecule has 10 rings (SSSR count). The van der Waals surface area contributed by atoms with E-state index in [-0.39, 0.29) is 0 Å². The van der Waals surface area contributed by atoms with E-state index in [1.54, 1.807) is 0 Å². The van der Waals surface area contributed by atoms with Crippen LogP contribution in [0.25, 0.3) is 99.9 Å². The molecule has 0 fully saturated rings. The largest absolute Gasteiger partial charge is 0.455 e. The lowest BCUT2D eigenvalue weighted by molar-refractivity contribution is 0.673. The van der Waals surface area contributed by atoms with Gasteiger partial charge in [-0.2, -0.15) is 0 Å². The van der Waals surface area contributed by atoms with Gasteiger partial charge in [0.05, 0.1) is 22.6 Å². The van der Waals surface area contributed by atoms with Gasteiger partial charge in [-0.25, -0.2) is 15.0 Å². The van der Waals surface area contributed by atoms with Crippen LogP contribution in [0.3, 0.4) is 0 Å². The van der Waals surface area contributed by atoms with Crippen molar-refractivity contribution in [2.75, 3.05) is 0 Å². The molecule has 0 aliphatic rings. The number of nitrogens with zero attached hydrogens (tertiary/aromatic N) is 3. The Bertz CT molecular complexity index is 2900. The van der Waals surface area contributed by atoms with Gasteiger partial charge in [0.1, 0.15) is 11.2 Å². The van der Waals surface area contributed by atoms with Crippen molar-refractivity contribution in [1.29, 1.82) is 0 Å². The second kappa shape index (κ2) is 11.9. The molecule has 0 saturated heterocycles. The molecule has 0 amide bonds. The SMILES string of the molecule is c1ccc(-c2cccc(-c3nc(-c4ccccc4)cc(-c4ccc(-c5nc6ccccc6c6c5ccc5c7ccccc7oc56)cc4)n3)c2)cc1. The molecule has 0 saturated carbocycles. The van der Waals surface area contributed by atoms with Crippen LogP contribution in [0.4, 0.5) is 0 Å². The molecule has 0 aliphatic heterocycles. The van der Waals surface area contributed by atoms with E-state index in [4.69, 9.17) is 19.4 Å². The fourth-order valence-corrected chi connectivity index (χ4v) is 7.19. The zero-order valence-corrected chi connectivity index (χ0v) is 27.5. The van der Waals surface area contributed by atoms with Crippen molar-refractivity contribution in [3.63, 3.8) is 0 Å². The summed E-state index contributed by atoms with van der Waals surface area (Å²) in [5.41, 5.74) is 11.7. The Kier molecular flexibility index (Phi) is 6.78. The first-order valence-corrected chi connectivity index (χ1v) is 17.1. The molecule has 238 valence electrons. The van der Waals surface area contributed by atoms with Gasteiger partial charge < -0.3 is 4.42 Å². The highest BCUT2D eigenvalue weighted by Crippen LogP contribution is 2.41. The van der Waals surface area contributed by atoms with Crippen LogP contribution in [-0.2, 0) is 0 Å². The van der Waals surface area contributed by atoms with Crippen LogP contribution in [0.1, 0.15) is 0 Å².